The second-order valence-corrected chi connectivity index (χ2v) is 3.34. The average molecular weight is 237 g/mol. The van der Waals surface area contributed by atoms with Crippen LogP contribution in [0.4, 0.5) is 0 Å². The van der Waals surface area contributed by atoms with Crippen molar-refractivity contribution >= 4 is 23.5 Å². The van der Waals surface area contributed by atoms with Crippen LogP contribution in [0, 0.1) is 0 Å². The van der Waals surface area contributed by atoms with E-state index in [-0.39, 0.29) is 12.5 Å². The van der Waals surface area contributed by atoms with E-state index in [1.54, 1.807) is 0 Å². The molecular formula is C10H17ClO4. The van der Waals surface area contributed by atoms with E-state index in [4.69, 9.17) is 16.3 Å². The molecule has 4 nitrogen and oxygen atoms in total. The van der Waals surface area contributed by atoms with E-state index in [0.717, 1.165) is 25.7 Å². The van der Waals surface area contributed by atoms with E-state index in [9.17, 15) is 9.59 Å². The van der Waals surface area contributed by atoms with Crippen molar-refractivity contribution in [1.82, 2.24) is 0 Å². The van der Waals surface area contributed by atoms with Gasteiger partial charge in [0.25, 0.3) is 0 Å². The van der Waals surface area contributed by atoms with Crippen molar-refractivity contribution in [1.29, 1.82) is 0 Å². The Hall–Kier alpha value is -0.770. The zero-order valence-electron chi connectivity index (χ0n) is 8.96. The fraction of sp³-hybridized carbons (Fsp3) is 0.800. The number of halogens is 1. The van der Waals surface area contributed by atoms with Gasteiger partial charge in [0.05, 0.1) is 6.61 Å². The molecule has 5 heteroatoms. The average Bonchev–Trinajstić information content (AvgIpc) is 2.25. The normalized spacial score (nSPS) is 9.73. The number of esters is 2. The largest absolute Gasteiger partial charge is 0.463 e. The Morgan fingerprint density at radius 3 is 2.40 bits per heavy atom. The van der Waals surface area contributed by atoms with E-state index in [2.05, 4.69) is 11.7 Å². The minimum atomic E-state index is -0.611. The van der Waals surface area contributed by atoms with Gasteiger partial charge in [-0.15, -0.1) is 11.6 Å². The number of hydrogen-bond acceptors (Lipinski definition) is 4. The molecule has 0 rings (SSSR count). The lowest BCUT2D eigenvalue weighted by Crippen LogP contribution is -2.17. The Balaban J connectivity index is 3.30. The molecular weight excluding hydrogens is 220 g/mol. The Bertz CT molecular complexity index is 194. The lowest BCUT2D eigenvalue weighted by molar-refractivity contribution is -0.157. The van der Waals surface area contributed by atoms with Crippen molar-refractivity contribution in [2.24, 2.45) is 0 Å². The predicted molar refractivity (Wildman–Crippen MR) is 56.8 cm³/mol. The molecule has 0 saturated carbocycles. The zero-order valence-corrected chi connectivity index (χ0v) is 9.72. The van der Waals surface area contributed by atoms with Gasteiger partial charge in [0.2, 0.25) is 0 Å². The van der Waals surface area contributed by atoms with Gasteiger partial charge in [-0.2, -0.15) is 0 Å². The summed E-state index contributed by atoms with van der Waals surface area (Å²) < 4.78 is 9.31. The van der Waals surface area contributed by atoms with Gasteiger partial charge in [0.1, 0.15) is 5.88 Å². The lowest BCUT2D eigenvalue weighted by atomic mass is 10.2. The van der Waals surface area contributed by atoms with Crippen molar-refractivity contribution in [2.75, 3.05) is 19.1 Å². The van der Waals surface area contributed by atoms with Crippen LogP contribution in [-0.2, 0) is 19.1 Å². The maximum Gasteiger partial charge on any atom is 0.344 e. The summed E-state index contributed by atoms with van der Waals surface area (Å²) in [7, 11) is 0. The number of unbranched alkanes of at least 4 members (excludes halogenated alkanes) is 3. The molecule has 0 aromatic rings. The van der Waals surface area contributed by atoms with Crippen LogP contribution in [0.25, 0.3) is 0 Å². The first kappa shape index (κ1) is 14.2. The Morgan fingerprint density at radius 2 is 1.80 bits per heavy atom. The van der Waals surface area contributed by atoms with Gasteiger partial charge in [0.15, 0.2) is 6.61 Å². The van der Waals surface area contributed by atoms with Gasteiger partial charge >= 0.3 is 11.9 Å². The summed E-state index contributed by atoms with van der Waals surface area (Å²) in [6.45, 7) is 2.15. The van der Waals surface area contributed by atoms with Gasteiger partial charge in [-0.3, -0.25) is 4.79 Å². The van der Waals surface area contributed by atoms with Gasteiger partial charge in [-0.25, -0.2) is 4.79 Å². The smallest absolute Gasteiger partial charge is 0.344 e. The minimum Gasteiger partial charge on any atom is -0.463 e. The first-order valence-electron chi connectivity index (χ1n) is 5.08. The molecule has 0 amide bonds. The molecule has 0 fully saturated rings. The molecule has 0 N–H and O–H groups in total. The van der Waals surface area contributed by atoms with E-state index in [1.165, 1.54) is 0 Å². The summed E-state index contributed by atoms with van der Waals surface area (Å²) in [5.41, 5.74) is 0. The number of hydrogen-bond donors (Lipinski definition) is 0. The second-order valence-electron chi connectivity index (χ2n) is 3.08. The van der Waals surface area contributed by atoms with Gasteiger partial charge in [-0.1, -0.05) is 26.2 Å². The van der Waals surface area contributed by atoms with Crippen LogP contribution in [0.1, 0.15) is 32.6 Å². The fourth-order valence-corrected chi connectivity index (χ4v) is 1.01. The summed E-state index contributed by atoms with van der Waals surface area (Å²) in [6, 6.07) is 0. The molecule has 0 unspecified atom stereocenters. The second kappa shape index (κ2) is 9.77. The maximum absolute atomic E-state index is 11.0. The quantitative estimate of drug-likeness (QED) is 0.367. The molecule has 0 aromatic heterocycles. The first-order valence-corrected chi connectivity index (χ1v) is 5.61. The highest BCUT2D eigenvalue weighted by atomic mass is 35.5. The van der Waals surface area contributed by atoms with Gasteiger partial charge < -0.3 is 9.47 Å². The van der Waals surface area contributed by atoms with Crippen LogP contribution in [0.3, 0.4) is 0 Å². The molecule has 0 aliphatic carbocycles. The lowest BCUT2D eigenvalue weighted by Gasteiger charge is -2.04. The maximum atomic E-state index is 11.0. The molecule has 0 bridgehead atoms. The van der Waals surface area contributed by atoms with Crippen LogP contribution in [0.2, 0.25) is 0 Å². The number of ether oxygens (including phenoxy) is 2. The molecule has 0 aliphatic heterocycles. The van der Waals surface area contributed by atoms with Crippen LogP contribution in [0.5, 0.6) is 0 Å². The molecule has 0 radical (unpaired) electrons. The van der Waals surface area contributed by atoms with Crippen LogP contribution < -0.4 is 0 Å². The van der Waals surface area contributed by atoms with Gasteiger partial charge in [0, 0.05) is 0 Å². The van der Waals surface area contributed by atoms with Crippen molar-refractivity contribution in [3.8, 4) is 0 Å². The van der Waals surface area contributed by atoms with Crippen molar-refractivity contribution in [3.05, 3.63) is 0 Å². The van der Waals surface area contributed by atoms with Crippen LogP contribution in [-0.4, -0.2) is 31.0 Å². The third-order valence-electron chi connectivity index (χ3n) is 1.72. The third-order valence-corrected chi connectivity index (χ3v) is 1.94. The summed E-state index contributed by atoms with van der Waals surface area (Å²) in [5.74, 6) is -1.38. The molecule has 15 heavy (non-hydrogen) atoms. The van der Waals surface area contributed by atoms with E-state index >= 15 is 0 Å². The molecule has 88 valence electrons. The molecule has 0 aliphatic rings. The summed E-state index contributed by atoms with van der Waals surface area (Å²) in [6.07, 6.45) is 4.17. The summed E-state index contributed by atoms with van der Waals surface area (Å²) in [5, 5.41) is 0. The van der Waals surface area contributed by atoms with Crippen molar-refractivity contribution in [3.63, 3.8) is 0 Å². The molecule has 0 saturated heterocycles. The van der Waals surface area contributed by atoms with Crippen molar-refractivity contribution in [2.45, 2.75) is 32.6 Å². The Labute approximate surface area is 94.9 Å². The topological polar surface area (TPSA) is 52.6 Å². The highest BCUT2D eigenvalue weighted by Gasteiger charge is 2.06. The molecule has 0 heterocycles. The van der Waals surface area contributed by atoms with Crippen LogP contribution >= 0.6 is 11.6 Å². The zero-order chi connectivity index (χ0) is 11.5. The monoisotopic (exact) mass is 236 g/mol. The van der Waals surface area contributed by atoms with E-state index in [1.807, 2.05) is 0 Å². The minimum absolute atomic E-state index is 0.246. The standard InChI is InChI=1S/C10H17ClO4/c1-2-3-4-5-6-14-10(13)8-15-9(12)7-11/h2-8H2,1H3. The number of rotatable bonds is 8. The highest BCUT2D eigenvalue weighted by Crippen LogP contribution is 1.99. The Kier molecular flexibility index (Phi) is 9.27. The summed E-state index contributed by atoms with van der Waals surface area (Å²) >= 11 is 5.17. The molecule has 0 aromatic carbocycles. The highest BCUT2D eigenvalue weighted by molar-refractivity contribution is 6.26. The molecule has 0 atom stereocenters. The predicted octanol–water partition coefficient (Wildman–Crippen LogP) is 1.89. The van der Waals surface area contributed by atoms with Gasteiger partial charge in [-0.05, 0) is 6.42 Å². The van der Waals surface area contributed by atoms with E-state index in [0.29, 0.717) is 6.61 Å². The fourth-order valence-electron chi connectivity index (χ4n) is 0.935. The van der Waals surface area contributed by atoms with Crippen molar-refractivity contribution < 1.29 is 19.1 Å². The number of carbonyl (C=O) groups is 2. The summed E-state index contributed by atoms with van der Waals surface area (Å²) in [4.78, 5) is 21.5. The SMILES string of the molecule is CCCCCCOC(=O)COC(=O)CCl. The Morgan fingerprint density at radius 1 is 1.07 bits per heavy atom. The number of alkyl halides is 1. The van der Waals surface area contributed by atoms with Crippen LogP contribution in [0.15, 0.2) is 0 Å². The third kappa shape index (κ3) is 9.53. The molecule has 0 spiro atoms. The van der Waals surface area contributed by atoms with E-state index < -0.39 is 11.9 Å². The first-order chi connectivity index (χ1) is 7.20. The number of carbonyl (C=O) groups excluding carboxylic acids is 2.